The number of rotatable bonds is 7. The lowest BCUT2D eigenvalue weighted by Gasteiger charge is -2.25. The molecular formula is C22H28N4O3. The van der Waals surface area contributed by atoms with E-state index in [1.165, 1.54) is 0 Å². The maximum Gasteiger partial charge on any atom is 0.257 e. The summed E-state index contributed by atoms with van der Waals surface area (Å²) in [6.45, 7) is 7.17. The number of para-hydroxylation sites is 2. The Bertz CT molecular complexity index is 805. The summed E-state index contributed by atoms with van der Waals surface area (Å²) in [4.78, 5) is 19.5. The van der Waals surface area contributed by atoms with Gasteiger partial charge in [-0.2, -0.15) is 0 Å². The summed E-state index contributed by atoms with van der Waals surface area (Å²) >= 11 is 0. The highest BCUT2D eigenvalue weighted by Crippen LogP contribution is 2.23. The van der Waals surface area contributed by atoms with Gasteiger partial charge in [0.2, 0.25) is 5.96 Å². The zero-order chi connectivity index (χ0) is 20.3. The minimum atomic E-state index is -0.211. The molecule has 0 aliphatic carbocycles. The summed E-state index contributed by atoms with van der Waals surface area (Å²) in [6, 6.07) is 16.7. The van der Waals surface area contributed by atoms with Gasteiger partial charge in [-0.15, -0.1) is 0 Å². The molecule has 0 bridgehead atoms. The Morgan fingerprint density at radius 3 is 2.59 bits per heavy atom. The van der Waals surface area contributed by atoms with Crippen LogP contribution in [0.25, 0.3) is 0 Å². The van der Waals surface area contributed by atoms with Crippen LogP contribution in [-0.4, -0.2) is 62.8 Å². The molecule has 0 spiro atoms. The van der Waals surface area contributed by atoms with Crippen LogP contribution in [0.15, 0.2) is 59.6 Å². The van der Waals surface area contributed by atoms with Crippen LogP contribution in [0.5, 0.6) is 5.75 Å². The number of aliphatic imine (C=N–C) groups is 1. The largest absolute Gasteiger partial charge is 0.492 e. The minimum Gasteiger partial charge on any atom is -0.492 e. The third kappa shape index (κ3) is 6.58. The molecule has 1 heterocycles. The standard InChI is InChI=1S/C22H28N4O3/c1-2-29-20-11-7-6-10-19(20)24-22(23-12-13-26-14-16-28-17-15-26)25-21(27)18-8-4-3-5-9-18/h3-11H,2,12-17H2,1H3,(H2,23,24,25,27). The number of nitrogens with zero attached hydrogens (tertiary/aromatic N) is 2. The zero-order valence-corrected chi connectivity index (χ0v) is 16.8. The van der Waals surface area contributed by atoms with Crippen molar-refractivity contribution in [2.45, 2.75) is 6.92 Å². The first-order valence-corrected chi connectivity index (χ1v) is 9.96. The van der Waals surface area contributed by atoms with Gasteiger partial charge in [-0.3, -0.25) is 20.0 Å². The van der Waals surface area contributed by atoms with E-state index >= 15 is 0 Å². The van der Waals surface area contributed by atoms with E-state index in [4.69, 9.17) is 9.47 Å². The minimum absolute atomic E-state index is 0.211. The first-order chi connectivity index (χ1) is 14.3. The van der Waals surface area contributed by atoms with Gasteiger partial charge in [0.25, 0.3) is 5.91 Å². The summed E-state index contributed by atoms with van der Waals surface area (Å²) < 4.78 is 11.1. The highest BCUT2D eigenvalue weighted by atomic mass is 16.5. The van der Waals surface area contributed by atoms with E-state index in [2.05, 4.69) is 20.5 Å². The number of guanidine groups is 1. The van der Waals surface area contributed by atoms with E-state index in [1.54, 1.807) is 12.1 Å². The molecule has 0 aromatic heterocycles. The predicted molar refractivity (Wildman–Crippen MR) is 115 cm³/mol. The summed E-state index contributed by atoms with van der Waals surface area (Å²) in [5.41, 5.74) is 1.33. The van der Waals surface area contributed by atoms with Gasteiger partial charge in [0.1, 0.15) is 5.75 Å². The van der Waals surface area contributed by atoms with Crippen LogP contribution in [0.4, 0.5) is 5.69 Å². The number of anilines is 1. The Morgan fingerprint density at radius 1 is 1.10 bits per heavy atom. The van der Waals surface area contributed by atoms with E-state index in [1.807, 2.05) is 49.4 Å². The number of hydrogen-bond acceptors (Lipinski definition) is 5. The second kappa shape index (κ2) is 11.2. The molecule has 0 atom stereocenters. The lowest BCUT2D eigenvalue weighted by molar-refractivity contribution is 0.0394. The molecule has 1 saturated heterocycles. The quantitative estimate of drug-likeness (QED) is 0.556. The Morgan fingerprint density at radius 2 is 1.83 bits per heavy atom. The Labute approximate surface area is 171 Å². The van der Waals surface area contributed by atoms with E-state index in [0.29, 0.717) is 30.4 Å². The van der Waals surface area contributed by atoms with Crippen molar-refractivity contribution in [1.82, 2.24) is 10.2 Å². The monoisotopic (exact) mass is 396 g/mol. The van der Waals surface area contributed by atoms with Crippen molar-refractivity contribution in [2.75, 3.05) is 51.3 Å². The molecule has 7 heteroatoms. The normalized spacial score (nSPS) is 15.0. The van der Waals surface area contributed by atoms with Crippen molar-refractivity contribution in [3.63, 3.8) is 0 Å². The van der Waals surface area contributed by atoms with Crippen molar-refractivity contribution in [1.29, 1.82) is 0 Å². The molecule has 1 amide bonds. The second-order valence-corrected chi connectivity index (χ2v) is 6.56. The summed E-state index contributed by atoms with van der Waals surface area (Å²) in [5.74, 6) is 0.904. The maximum atomic E-state index is 12.6. The fourth-order valence-electron chi connectivity index (χ4n) is 2.99. The number of amides is 1. The van der Waals surface area contributed by atoms with Crippen LogP contribution in [0.1, 0.15) is 17.3 Å². The topological polar surface area (TPSA) is 75.2 Å². The van der Waals surface area contributed by atoms with Crippen LogP contribution in [0.2, 0.25) is 0 Å². The van der Waals surface area contributed by atoms with E-state index in [9.17, 15) is 4.79 Å². The van der Waals surface area contributed by atoms with Gasteiger partial charge in [-0.05, 0) is 31.2 Å². The lowest BCUT2D eigenvalue weighted by Crippen LogP contribution is -2.39. The number of carbonyl (C=O) groups excluding carboxylic acids is 1. The van der Waals surface area contributed by atoms with Gasteiger partial charge in [-0.25, -0.2) is 0 Å². The molecule has 1 fully saturated rings. The number of carbonyl (C=O) groups is 1. The summed E-state index contributed by atoms with van der Waals surface area (Å²) in [5, 5.41) is 6.11. The lowest BCUT2D eigenvalue weighted by atomic mass is 10.2. The number of benzene rings is 2. The average Bonchev–Trinajstić information content (AvgIpc) is 2.76. The van der Waals surface area contributed by atoms with Crippen molar-refractivity contribution in [3.8, 4) is 5.75 Å². The van der Waals surface area contributed by atoms with Gasteiger partial charge in [0.15, 0.2) is 0 Å². The summed E-state index contributed by atoms with van der Waals surface area (Å²) in [6.07, 6.45) is 0. The smallest absolute Gasteiger partial charge is 0.257 e. The van der Waals surface area contributed by atoms with Crippen molar-refractivity contribution < 1.29 is 14.3 Å². The third-order valence-electron chi connectivity index (χ3n) is 4.50. The molecule has 2 aromatic carbocycles. The van der Waals surface area contributed by atoms with Crippen LogP contribution in [-0.2, 0) is 4.74 Å². The molecular weight excluding hydrogens is 368 g/mol. The van der Waals surface area contributed by atoms with Gasteiger partial charge in [0.05, 0.1) is 32.1 Å². The number of ether oxygens (including phenoxy) is 2. The Hall–Kier alpha value is -2.90. The molecule has 29 heavy (non-hydrogen) atoms. The predicted octanol–water partition coefficient (Wildman–Crippen LogP) is 2.62. The van der Waals surface area contributed by atoms with Crippen molar-refractivity contribution >= 4 is 17.6 Å². The molecule has 3 rings (SSSR count). The number of nitrogens with one attached hydrogen (secondary N) is 2. The average molecular weight is 396 g/mol. The van der Waals surface area contributed by atoms with E-state index in [0.717, 1.165) is 38.5 Å². The maximum absolute atomic E-state index is 12.6. The van der Waals surface area contributed by atoms with E-state index in [-0.39, 0.29) is 5.91 Å². The van der Waals surface area contributed by atoms with Crippen molar-refractivity contribution in [2.24, 2.45) is 4.99 Å². The van der Waals surface area contributed by atoms with Gasteiger partial charge >= 0.3 is 0 Å². The molecule has 1 aliphatic heterocycles. The molecule has 154 valence electrons. The van der Waals surface area contributed by atoms with Gasteiger partial charge in [0, 0.05) is 25.2 Å². The van der Waals surface area contributed by atoms with Gasteiger partial charge in [-0.1, -0.05) is 30.3 Å². The fraction of sp³-hybridized carbons (Fsp3) is 0.364. The number of morpholine rings is 1. The van der Waals surface area contributed by atoms with Crippen LogP contribution in [0, 0.1) is 0 Å². The van der Waals surface area contributed by atoms with Crippen LogP contribution < -0.4 is 15.4 Å². The zero-order valence-electron chi connectivity index (χ0n) is 16.8. The van der Waals surface area contributed by atoms with Crippen LogP contribution >= 0.6 is 0 Å². The van der Waals surface area contributed by atoms with Gasteiger partial charge < -0.3 is 14.8 Å². The highest BCUT2D eigenvalue weighted by Gasteiger charge is 2.13. The third-order valence-corrected chi connectivity index (χ3v) is 4.50. The molecule has 2 N–H and O–H groups in total. The van der Waals surface area contributed by atoms with Crippen molar-refractivity contribution in [3.05, 3.63) is 60.2 Å². The molecule has 2 aromatic rings. The van der Waals surface area contributed by atoms with Crippen LogP contribution in [0.3, 0.4) is 0 Å². The molecule has 7 nitrogen and oxygen atoms in total. The molecule has 0 saturated carbocycles. The number of hydrogen-bond donors (Lipinski definition) is 2. The SMILES string of the molecule is CCOc1ccccc1NC(=NCCN1CCOCC1)NC(=O)c1ccccc1. The second-order valence-electron chi connectivity index (χ2n) is 6.56. The Balaban J connectivity index is 1.71. The fourth-order valence-corrected chi connectivity index (χ4v) is 2.99. The molecule has 0 unspecified atom stereocenters. The Kier molecular flexibility index (Phi) is 8.03. The van der Waals surface area contributed by atoms with E-state index < -0.39 is 0 Å². The highest BCUT2D eigenvalue weighted by molar-refractivity contribution is 6.10. The summed E-state index contributed by atoms with van der Waals surface area (Å²) in [7, 11) is 0. The first-order valence-electron chi connectivity index (χ1n) is 9.96. The first kappa shape index (κ1) is 20.8. The molecule has 1 aliphatic rings. The molecule has 0 radical (unpaired) electrons.